The van der Waals surface area contributed by atoms with Crippen LogP contribution in [-0.4, -0.2) is 19.2 Å². The molecule has 0 unspecified atom stereocenters. The fourth-order valence-corrected chi connectivity index (χ4v) is 4.55. The predicted octanol–water partition coefficient (Wildman–Crippen LogP) is 4.97. The zero-order chi connectivity index (χ0) is 22.4. The fraction of sp³-hybridized carbons (Fsp3) is 0.174. The van der Waals surface area contributed by atoms with Crippen LogP contribution in [0.25, 0.3) is 0 Å². The van der Waals surface area contributed by atoms with Crippen LogP contribution in [-0.2, 0) is 16.4 Å². The highest BCUT2D eigenvalue weighted by Crippen LogP contribution is 2.27. The number of benzene rings is 3. The molecule has 160 valence electrons. The summed E-state index contributed by atoms with van der Waals surface area (Å²) in [4.78, 5) is 23.8. The van der Waals surface area contributed by atoms with Crippen LogP contribution in [0.4, 0.5) is 11.4 Å². The summed E-state index contributed by atoms with van der Waals surface area (Å²) in [5.41, 5.74) is 0.813. The molecular weight excluding hydrogens is 416 g/mol. The van der Waals surface area contributed by atoms with Crippen LogP contribution in [0.3, 0.4) is 0 Å². The molecule has 0 aliphatic rings. The maximum Gasteiger partial charge on any atom is 0.272 e. The Bertz CT molecular complexity index is 1180. The van der Waals surface area contributed by atoms with Crippen molar-refractivity contribution in [2.45, 2.75) is 31.1 Å². The van der Waals surface area contributed by atoms with Gasteiger partial charge in [0.05, 0.1) is 15.5 Å². The quantitative estimate of drug-likeness (QED) is 0.365. The Hall–Kier alpha value is -3.52. The number of nitrogens with zero attached hydrogens (tertiary/aromatic N) is 2. The van der Waals surface area contributed by atoms with Gasteiger partial charge in [-0.15, -0.1) is 0 Å². The molecule has 0 radical (unpaired) electrons. The fourth-order valence-electron chi connectivity index (χ4n) is 3.11. The number of amides is 1. The van der Waals surface area contributed by atoms with E-state index in [2.05, 4.69) is 6.92 Å². The molecular formula is C23H22N2O5S. The third-order valence-corrected chi connectivity index (χ3v) is 6.48. The molecule has 0 fully saturated rings. The van der Waals surface area contributed by atoms with E-state index in [0.29, 0.717) is 4.31 Å². The van der Waals surface area contributed by atoms with Gasteiger partial charge in [0.25, 0.3) is 21.6 Å². The first-order valence-corrected chi connectivity index (χ1v) is 11.3. The van der Waals surface area contributed by atoms with Gasteiger partial charge in [-0.3, -0.25) is 14.9 Å². The SMILES string of the molecule is CCCCc1ccc(N(C(=O)c2cccc([N+](=O)[O-])c2)S(=O)(=O)c2ccccc2)cc1. The van der Waals surface area contributed by atoms with Gasteiger partial charge in [0.1, 0.15) is 0 Å². The molecule has 0 aromatic heterocycles. The summed E-state index contributed by atoms with van der Waals surface area (Å²) in [6, 6.07) is 19.4. The molecule has 0 N–H and O–H groups in total. The van der Waals surface area contributed by atoms with Crippen LogP contribution < -0.4 is 4.31 Å². The molecule has 0 aliphatic carbocycles. The Morgan fingerprint density at radius 2 is 1.65 bits per heavy atom. The number of hydrogen-bond donors (Lipinski definition) is 0. The minimum atomic E-state index is -4.25. The first-order chi connectivity index (χ1) is 14.8. The molecule has 0 heterocycles. The largest absolute Gasteiger partial charge is 0.272 e. The second-order valence-electron chi connectivity index (χ2n) is 6.97. The van der Waals surface area contributed by atoms with Crippen LogP contribution in [0.2, 0.25) is 0 Å². The molecule has 0 spiro atoms. The first kappa shape index (κ1) is 22.2. The summed E-state index contributed by atoms with van der Waals surface area (Å²) in [7, 11) is -4.25. The van der Waals surface area contributed by atoms with E-state index < -0.39 is 20.9 Å². The van der Waals surface area contributed by atoms with Gasteiger partial charge in [0.2, 0.25) is 0 Å². The van der Waals surface area contributed by atoms with Crippen molar-refractivity contribution in [3.05, 3.63) is 100 Å². The number of hydrogen-bond acceptors (Lipinski definition) is 5. The van der Waals surface area contributed by atoms with Gasteiger partial charge in [0, 0.05) is 17.7 Å². The first-order valence-electron chi connectivity index (χ1n) is 9.82. The van der Waals surface area contributed by atoms with Crippen molar-refractivity contribution >= 4 is 27.3 Å². The Morgan fingerprint density at radius 1 is 0.968 bits per heavy atom. The van der Waals surface area contributed by atoms with E-state index in [0.717, 1.165) is 30.9 Å². The van der Waals surface area contributed by atoms with Crippen LogP contribution in [0, 0.1) is 10.1 Å². The average Bonchev–Trinajstić information content (AvgIpc) is 2.79. The van der Waals surface area contributed by atoms with Gasteiger partial charge in [-0.05, 0) is 48.7 Å². The van der Waals surface area contributed by atoms with Gasteiger partial charge >= 0.3 is 0 Å². The van der Waals surface area contributed by atoms with Crippen molar-refractivity contribution in [2.24, 2.45) is 0 Å². The molecule has 8 heteroatoms. The normalized spacial score (nSPS) is 11.1. The topological polar surface area (TPSA) is 97.6 Å². The zero-order valence-corrected chi connectivity index (χ0v) is 17.8. The number of non-ortho nitro benzene ring substituents is 1. The lowest BCUT2D eigenvalue weighted by Gasteiger charge is -2.23. The lowest BCUT2D eigenvalue weighted by atomic mass is 10.1. The number of sulfonamides is 1. The van der Waals surface area contributed by atoms with Crippen LogP contribution in [0.15, 0.2) is 83.8 Å². The Kier molecular flexibility index (Phi) is 6.81. The van der Waals surface area contributed by atoms with Gasteiger partial charge in [-0.2, -0.15) is 4.31 Å². The van der Waals surface area contributed by atoms with Gasteiger partial charge < -0.3 is 0 Å². The Labute approximate surface area is 181 Å². The second kappa shape index (κ2) is 9.53. The van der Waals surface area contributed by atoms with Gasteiger partial charge in [0.15, 0.2) is 0 Å². The van der Waals surface area contributed by atoms with Crippen molar-refractivity contribution in [2.75, 3.05) is 4.31 Å². The number of anilines is 1. The highest BCUT2D eigenvalue weighted by molar-refractivity contribution is 7.93. The number of rotatable bonds is 8. The van der Waals surface area contributed by atoms with Crippen molar-refractivity contribution in [1.82, 2.24) is 0 Å². The van der Waals surface area contributed by atoms with Crippen LogP contribution in [0.1, 0.15) is 35.7 Å². The standard InChI is InChI=1S/C23H22N2O5S/c1-2-3-8-18-13-15-20(16-14-18)24(31(29,30)22-11-5-4-6-12-22)23(26)19-9-7-10-21(17-19)25(27)28/h4-7,9-17H,2-3,8H2,1H3. The summed E-state index contributed by atoms with van der Waals surface area (Å²) in [6.07, 6.45) is 2.88. The minimum absolute atomic E-state index is 0.0520. The van der Waals surface area contributed by atoms with Crippen LogP contribution >= 0.6 is 0 Å². The summed E-state index contributed by atoms with van der Waals surface area (Å²) >= 11 is 0. The summed E-state index contributed by atoms with van der Waals surface area (Å²) in [5, 5.41) is 11.1. The summed E-state index contributed by atoms with van der Waals surface area (Å²) < 4.78 is 27.5. The molecule has 3 aromatic carbocycles. The van der Waals surface area contributed by atoms with E-state index in [1.54, 1.807) is 42.5 Å². The highest BCUT2D eigenvalue weighted by atomic mass is 32.2. The van der Waals surface area contributed by atoms with E-state index in [-0.39, 0.29) is 21.8 Å². The lowest BCUT2D eigenvalue weighted by molar-refractivity contribution is -0.384. The molecule has 3 aromatic rings. The summed E-state index contributed by atoms with van der Waals surface area (Å²) in [5.74, 6) is -0.867. The molecule has 3 rings (SSSR count). The zero-order valence-electron chi connectivity index (χ0n) is 17.0. The molecule has 7 nitrogen and oxygen atoms in total. The molecule has 0 saturated heterocycles. The third-order valence-electron chi connectivity index (χ3n) is 4.76. The monoisotopic (exact) mass is 438 g/mol. The van der Waals surface area contributed by atoms with Gasteiger partial charge in [-0.1, -0.05) is 49.7 Å². The van der Waals surface area contributed by atoms with Crippen molar-refractivity contribution < 1.29 is 18.1 Å². The number of unbranched alkanes of at least 4 members (excludes halogenated alkanes) is 1. The highest BCUT2D eigenvalue weighted by Gasteiger charge is 2.32. The molecule has 0 saturated carbocycles. The smallest absolute Gasteiger partial charge is 0.268 e. The van der Waals surface area contributed by atoms with Crippen LogP contribution in [0.5, 0.6) is 0 Å². The number of nitro groups is 1. The Morgan fingerprint density at radius 3 is 2.26 bits per heavy atom. The van der Waals surface area contributed by atoms with Gasteiger partial charge in [-0.25, -0.2) is 8.42 Å². The molecule has 0 aliphatic heterocycles. The number of carbonyl (C=O) groups excluding carboxylic acids is 1. The van der Waals surface area contributed by atoms with Crippen molar-refractivity contribution in [1.29, 1.82) is 0 Å². The molecule has 0 atom stereocenters. The van der Waals surface area contributed by atoms with E-state index in [1.807, 2.05) is 0 Å². The lowest BCUT2D eigenvalue weighted by Crippen LogP contribution is -2.37. The Balaban J connectivity index is 2.10. The maximum absolute atomic E-state index is 13.4. The van der Waals surface area contributed by atoms with Crippen molar-refractivity contribution in [3.63, 3.8) is 0 Å². The number of carbonyl (C=O) groups is 1. The van der Waals surface area contributed by atoms with E-state index in [1.165, 1.54) is 30.3 Å². The number of nitro benzene ring substituents is 1. The summed E-state index contributed by atoms with van der Waals surface area (Å²) in [6.45, 7) is 2.08. The number of aryl methyl sites for hydroxylation is 1. The third kappa shape index (κ3) is 4.97. The predicted molar refractivity (Wildman–Crippen MR) is 119 cm³/mol. The molecule has 0 bridgehead atoms. The maximum atomic E-state index is 13.4. The second-order valence-corrected chi connectivity index (χ2v) is 8.75. The average molecular weight is 439 g/mol. The van der Waals surface area contributed by atoms with E-state index in [9.17, 15) is 23.3 Å². The molecule has 1 amide bonds. The molecule has 31 heavy (non-hydrogen) atoms. The minimum Gasteiger partial charge on any atom is -0.268 e. The van der Waals surface area contributed by atoms with E-state index in [4.69, 9.17) is 0 Å². The van der Waals surface area contributed by atoms with E-state index >= 15 is 0 Å². The van der Waals surface area contributed by atoms with Crippen molar-refractivity contribution in [3.8, 4) is 0 Å².